The lowest BCUT2D eigenvalue weighted by Gasteiger charge is -2.44. The van der Waals surface area contributed by atoms with Gasteiger partial charge in [0.1, 0.15) is 0 Å². The molecule has 30 heavy (non-hydrogen) atoms. The van der Waals surface area contributed by atoms with Crippen LogP contribution >= 0.6 is 22.7 Å². The van der Waals surface area contributed by atoms with Crippen LogP contribution in [0.25, 0.3) is 0 Å². The van der Waals surface area contributed by atoms with Crippen molar-refractivity contribution < 1.29 is 4.74 Å². The Hall–Kier alpha value is -1.81. The third-order valence-electron chi connectivity index (χ3n) is 6.21. The normalized spacial score (nSPS) is 18.7. The number of ether oxygens (including phenoxy) is 1. The molecule has 3 aromatic heterocycles. The molecule has 0 unspecified atom stereocenters. The summed E-state index contributed by atoms with van der Waals surface area (Å²) >= 11 is 3.47. The van der Waals surface area contributed by atoms with Gasteiger partial charge in [-0.05, 0) is 30.9 Å². The largest absolute Gasteiger partial charge is 0.375 e. The highest BCUT2D eigenvalue weighted by Crippen LogP contribution is 2.44. The van der Waals surface area contributed by atoms with Gasteiger partial charge in [0.25, 0.3) is 0 Å². The number of nitrogens with zero attached hydrogens (tertiary/aromatic N) is 5. The fraction of sp³-hybridized carbons (Fsp3) is 0.571. The van der Waals surface area contributed by atoms with E-state index in [0.717, 1.165) is 76.3 Å². The van der Waals surface area contributed by atoms with Crippen molar-refractivity contribution in [2.75, 3.05) is 25.4 Å². The van der Waals surface area contributed by atoms with Crippen LogP contribution in [0, 0.1) is 0 Å². The molecule has 3 aromatic rings. The quantitative estimate of drug-likeness (QED) is 0.628. The summed E-state index contributed by atoms with van der Waals surface area (Å²) in [4.78, 5) is 9.83. The molecule has 5 heterocycles. The van der Waals surface area contributed by atoms with Gasteiger partial charge in [-0.15, -0.1) is 27.8 Å². The molecule has 2 aliphatic heterocycles. The van der Waals surface area contributed by atoms with E-state index in [1.165, 1.54) is 21.8 Å². The Morgan fingerprint density at radius 2 is 2.13 bits per heavy atom. The third-order valence-corrected chi connectivity index (χ3v) is 8.27. The SMILES string of the molecule is CCc1cc2c(s1)CCOC21CCN(Cc2cn(CCc3csc(N)n3)nn2)CC1. The Labute approximate surface area is 184 Å². The van der Waals surface area contributed by atoms with E-state index in [4.69, 9.17) is 10.5 Å². The van der Waals surface area contributed by atoms with E-state index in [2.05, 4.69) is 39.4 Å². The summed E-state index contributed by atoms with van der Waals surface area (Å²) in [5, 5.41) is 11.3. The van der Waals surface area contributed by atoms with Crippen molar-refractivity contribution in [2.24, 2.45) is 0 Å². The molecule has 1 fully saturated rings. The average Bonchev–Trinajstić information content (AvgIpc) is 3.48. The summed E-state index contributed by atoms with van der Waals surface area (Å²) in [6.45, 7) is 6.77. The first kappa shape index (κ1) is 20.1. The van der Waals surface area contributed by atoms with Gasteiger partial charge in [-0.1, -0.05) is 12.1 Å². The summed E-state index contributed by atoms with van der Waals surface area (Å²) in [5.74, 6) is 0. The molecule has 1 saturated heterocycles. The summed E-state index contributed by atoms with van der Waals surface area (Å²) in [7, 11) is 0. The van der Waals surface area contributed by atoms with Gasteiger partial charge in [-0.3, -0.25) is 9.58 Å². The van der Waals surface area contributed by atoms with Crippen LogP contribution in [0.1, 0.15) is 46.5 Å². The van der Waals surface area contributed by atoms with Crippen LogP contribution in [0.5, 0.6) is 0 Å². The number of hydrogen-bond acceptors (Lipinski definition) is 8. The van der Waals surface area contributed by atoms with E-state index in [-0.39, 0.29) is 5.60 Å². The van der Waals surface area contributed by atoms with Crippen LogP contribution in [0.2, 0.25) is 0 Å². The number of rotatable bonds is 6. The molecule has 0 aliphatic carbocycles. The highest BCUT2D eigenvalue weighted by atomic mass is 32.1. The Morgan fingerprint density at radius 1 is 1.27 bits per heavy atom. The lowest BCUT2D eigenvalue weighted by Crippen LogP contribution is -2.45. The summed E-state index contributed by atoms with van der Waals surface area (Å²) in [6, 6.07) is 2.41. The van der Waals surface area contributed by atoms with Crippen molar-refractivity contribution >= 4 is 27.8 Å². The number of piperidine rings is 1. The minimum absolute atomic E-state index is 0.0685. The minimum atomic E-state index is -0.0685. The van der Waals surface area contributed by atoms with E-state index < -0.39 is 0 Å². The highest BCUT2D eigenvalue weighted by molar-refractivity contribution is 7.13. The maximum Gasteiger partial charge on any atom is 0.180 e. The zero-order valence-corrected chi connectivity index (χ0v) is 19.0. The second-order valence-corrected chi connectivity index (χ2v) is 10.3. The second kappa shape index (κ2) is 8.37. The zero-order valence-electron chi connectivity index (χ0n) is 17.3. The van der Waals surface area contributed by atoms with Gasteiger partial charge in [-0.25, -0.2) is 4.98 Å². The van der Waals surface area contributed by atoms with Gasteiger partial charge in [0.15, 0.2) is 5.13 Å². The number of nitrogens with two attached hydrogens (primary N) is 1. The first-order valence-electron chi connectivity index (χ1n) is 10.7. The smallest absolute Gasteiger partial charge is 0.180 e. The van der Waals surface area contributed by atoms with Crippen molar-refractivity contribution in [1.82, 2.24) is 24.9 Å². The topological polar surface area (TPSA) is 82.1 Å². The molecule has 0 radical (unpaired) electrons. The van der Waals surface area contributed by atoms with Crippen LogP contribution in [-0.4, -0.2) is 44.6 Å². The number of fused-ring (bicyclic) bond motifs is 2. The number of nitrogen functional groups attached to an aromatic ring is 1. The third kappa shape index (κ3) is 4.03. The maximum absolute atomic E-state index is 6.40. The fourth-order valence-electron chi connectivity index (χ4n) is 4.55. The molecule has 0 amide bonds. The molecule has 1 spiro atoms. The molecule has 0 saturated carbocycles. The molecular formula is C21H28N6OS2. The van der Waals surface area contributed by atoms with Crippen LogP contribution in [0.4, 0.5) is 5.13 Å². The Balaban J connectivity index is 1.17. The van der Waals surface area contributed by atoms with Crippen molar-refractivity contribution in [1.29, 1.82) is 0 Å². The van der Waals surface area contributed by atoms with E-state index in [1.807, 2.05) is 21.4 Å². The van der Waals surface area contributed by atoms with Gasteiger partial charge in [-0.2, -0.15) is 0 Å². The number of anilines is 1. The standard InChI is InChI=1S/C21H28N6OS2/c1-2-17-11-18-19(30-17)4-10-28-21(18)5-8-26(9-6-21)12-16-13-27(25-24-16)7-3-15-14-29-20(22)23-15/h11,13-14H,2-10,12H2,1H3,(H2,22,23). The first-order valence-corrected chi connectivity index (χ1v) is 12.4. The fourth-order valence-corrected chi connectivity index (χ4v) is 6.32. The number of aryl methyl sites for hydroxylation is 3. The van der Waals surface area contributed by atoms with Crippen LogP contribution in [0.15, 0.2) is 17.6 Å². The molecular weight excluding hydrogens is 416 g/mol. The molecule has 2 N–H and O–H groups in total. The molecule has 7 nitrogen and oxygen atoms in total. The van der Waals surface area contributed by atoms with Gasteiger partial charge < -0.3 is 10.5 Å². The molecule has 0 bridgehead atoms. The number of thiazole rings is 1. The van der Waals surface area contributed by atoms with Gasteiger partial charge in [0, 0.05) is 60.4 Å². The lowest BCUT2D eigenvalue weighted by molar-refractivity contribution is -0.0982. The van der Waals surface area contributed by atoms with Crippen LogP contribution in [-0.2, 0) is 42.7 Å². The van der Waals surface area contributed by atoms with Crippen molar-refractivity contribution in [3.05, 3.63) is 44.3 Å². The summed E-state index contributed by atoms with van der Waals surface area (Å²) in [6.07, 6.45) is 7.18. The van der Waals surface area contributed by atoms with Gasteiger partial charge in [0.05, 0.1) is 23.6 Å². The van der Waals surface area contributed by atoms with Gasteiger partial charge in [0.2, 0.25) is 0 Å². The van der Waals surface area contributed by atoms with E-state index in [0.29, 0.717) is 5.13 Å². The number of hydrogen-bond donors (Lipinski definition) is 1. The zero-order chi connectivity index (χ0) is 20.6. The molecule has 0 atom stereocenters. The van der Waals surface area contributed by atoms with E-state index in [1.54, 1.807) is 4.88 Å². The molecule has 9 heteroatoms. The van der Waals surface area contributed by atoms with Crippen molar-refractivity contribution in [2.45, 2.75) is 57.7 Å². The average molecular weight is 445 g/mol. The number of thiophene rings is 1. The van der Waals surface area contributed by atoms with E-state index in [9.17, 15) is 0 Å². The molecule has 0 aromatic carbocycles. The van der Waals surface area contributed by atoms with Crippen molar-refractivity contribution in [3.8, 4) is 0 Å². The van der Waals surface area contributed by atoms with Gasteiger partial charge >= 0.3 is 0 Å². The molecule has 2 aliphatic rings. The molecule has 160 valence electrons. The summed E-state index contributed by atoms with van der Waals surface area (Å²) < 4.78 is 8.31. The van der Waals surface area contributed by atoms with Crippen LogP contribution < -0.4 is 5.73 Å². The highest BCUT2D eigenvalue weighted by Gasteiger charge is 2.41. The first-order chi connectivity index (χ1) is 14.6. The predicted octanol–water partition coefficient (Wildman–Crippen LogP) is 3.25. The number of likely N-dealkylation sites (tertiary alicyclic amines) is 1. The predicted molar refractivity (Wildman–Crippen MR) is 120 cm³/mol. The number of aromatic nitrogens is 4. The Bertz CT molecular complexity index is 1000. The summed E-state index contributed by atoms with van der Waals surface area (Å²) in [5.41, 5.74) is 9.15. The maximum atomic E-state index is 6.40. The Morgan fingerprint density at radius 3 is 2.90 bits per heavy atom. The minimum Gasteiger partial charge on any atom is -0.375 e. The van der Waals surface area contributed by atoms with Crippen molar-refractivity contribution in [3.63, 3.8) is 0 Å². The lowest BCUT2D eigenvalue weighted by atomic mass is 9.82. The monoisotopic (exact) mass is 444 g/mol. The second-order valence-electron chi connectivity index (χ2n) is 8.17. The van der Waals surface area contributed by atoms with E-state index >= 15 is 0 Å². The van der Waals surface area contributed by atoms with Crippen LogP contribution in [0.3, 0.4) is 0 Å². The Kier molecular flexibility index (Phi) is 5.61. The molecule has 5 rings (SSSR count).